The second-order valence-electron chi connectivity index (χ2n) is 6.09. The average molecular weight is 316 g/mol. The van der Waals surface area contributed by atoms with Crippen LogP contribution in [0.2, 0.25) is 0 Å². The van der Waals surface area contributed by atoms with Gasteiger partial charge in [0.15, 0.2) is 0 Å². The van der Waals surface area contributed by atoms with Crippen molar-refractivity contribution in [2.75, 3.05) is 5.32 Å². The summed E-state index contributed by atoms with van der Waals surface area (Å²) in [5.41, 5.74) is 6.08. The minimum atomic E-state index is 0.0470. The van der Waals surface area contributed by atoms with Crippen molar-refractivity contribution in [2.45, 2.75) is 26.3 Å². The lowest BCUT2D eigenvalue weighted by Crippen LogP contribution is -2.20. The Morgan fingerprint density at radius 2 is 1.88 bits per heavy atom. The fraction of sp³-hybridized carbons (Fsp3) is 0.200. The Labute approximate surface area is 141 Å². The van der Waals surface area contributed by atoms with E-state index in [2.05, 4.69) is 83.9 Å². The number of benzene rings is 2. The molecule has 0 saturated carbocycles. The molecular formula is C20H20N4. The number of fused-ring (bicyclic) bond motifs is 1. The van der Waals surface area contributed by atoms with Crippen molar-refractivity contribution in [3.05, 3.63) is 83.2 Å². The van der Waals surface area contributed by atoms with E-state index >= 15 is 0 Å². The van der Waals surface area contributed by atoms with Crippen molar-refractivity contribution in [3.8, 4) is 0 Å². The number of allylic oxidation sites excluding steroid dienone is 1. The molecule has 4 nitrogen and oxygen atoms in total. The summed E-state index contributed by atoms with van der Waals surface area (Å²) in [4.78, 5) is 4.37. The van der Waals surface area contributed by atoms with Crippen LogP contribution in [0.5, 0.6) is 0 Å². The second-order valence-corrected chi connectivity index (χ2v) is 6.09. The van der Waals surface area contributed by atoms with Gasteiger partial charge in [0, 0.05) is 5.70 Å². The van der Waals surface area contributed by atoms with Crippen LogP contribution in [0, 0.1) is 6.92 Å². The summed E-state index contributed by atoms with van der Waals surface area (Å²) in [6.07, 6.45) is 4.88. The summed E-state index contributed by atoms with van der Waals surface area (Å²) in [5.74, 6) is 0.778. The highest BCUT2D eigenvalue weighted by Crippen LogP contribution is 2.33. The van der Waals surface area contributed by atoms with Gasteiger partial charge < -0.3 is 5.32 Å². The van der Waals surface area contributed by atoms with Crippen molar-refractivity contribution in [1.82, 2.24) is 14.8 Å². The van der Waals surface area contributed by atoms with Gasteiger partial charge >= 0.3 is 0 Å². The zero-order valence-corrected chi connectivity index (χ0v) is 13.9. The maximum atomic E-state index is 4.41. The van der Waals surface area contributed by atoms with Crippen LogP contribution in [-0.4, -0.2) is 14.8 Å². The van der Waals surface area contributed by atoms with Crippen LogP contribution in [0.3, 0.4) is 0 Å². The molecule has 0 aliphatic carbocycles. The fourth-order valence-electron chi connectivity index (χ4n) is 3.16. The first-order chi connectivity index (χ1) is 11.8. The van der Waals surface area contributed by atoms with Gasteiger partial charge in [0.25, 0.3) is 0 Å². The van der Waals surface area contributed by atoms with E-state index in [1.807, 2.05) is 4.68 Å². The number of nitrogens with one attached hydrogen (secondary N) is 1. The Bertz CT molecular complexity index is 890. The third-order valence-corrected chi connectivity index (χ3v) is 4.59. The van der Waals surface area contributed by atoms with E-state index in [1.165, 1.54) is 22.3 Å². The molecule has 2 heterocycles. The monoisotopic (exact) mass is 316 g/mol. The maximum absolute atomic E-state index is 4.41. The van der Waals surface area contributed by atoms with E-state index in [9.17, 15) is 0 Å². The summed E-state index contributed by atoms with van der Waals surface area (Å²) in [6, 6.07) is 17.2. The quantitative estimate of drug-likeness (QED) is 0.787. The molecule has 2 aromatic carbocycles. The van der Waals surface area contributed by atoms with Gasteiger partial charge in [-0.3, -0.25) is 0 Å². The van der Waals surface area contributed by atoms with Crippen molar-refractivity contribution >= 4 is 11.6 Å². The lowest BCUT2D eigenvalue weighted by Gasteiger charge is -2.25. The minimum Gasteiger partial charge on any atom is -0.324 e. The molecule has 0 spiro atoms. The van der Waals surface area contributed by atoms with Gasteiger partial charge in [-0.1, -0.05) is 55.5 Å². The molecule has 1 aliphatic rings. The highest BCUT2D eigenvalue weighted by atomic mass is 15.4. The molecule has 0 unspecified atom stereocenters. The second kappa shape index (κ2) is 5.96. The van der Waals surface area contributed by atoms with Crippen LogP contribution in [0.4, 0.5) is 5.95 Å². The van der Waals surface area contributed by atoms with Gasteiger partial charge in [-0.05, 0) is 41.7 Å². The Morgan fingerprint density at radius 3 is 2.62 bits per heavy atom. The molecule has 1 aromatic heterocycles. The first-order valence-corrected chi connectivity index (χ1v) is 8.29. The van der Waals surface area contributed by atoms with Crippen molar-refractivity contribution in [1.29, 1.82) is 0 Å². The van der Waals surface area contributed by atoms with E-state index in [0.29, 0.717) is 0 Å². The summed E-state index contributed by atoms with van der Waals surface area (Å²) in [5, 5.41) is 7.81. The third-order valence-electron chi connectivity index (χ3n) is 4.59. The fourth-order valence-corrected chi connectivity index (χ4v) is 3.16. The smallest absolute Gasteiger partial charge is 0.226 e. The predicted octanol–water partition coefficient (Wildman–Crippen LogP) is 4.20. The average Bonchev–Trinajstić information content (AvgIpc) is 3.10. The van der Waals surface area contributed by atoms with E-state index in [0.717, 1.165) is 18.1 Å². The van der Waals surface area contributed by atoms with Crippen LogP contribution in [-0.2, 0) is 6.42 Å². The van der Waals surface area contributed by atoms with Crippen molar-refractivity contribution < 1.29 is 0 Å². The number of aryl methyl sites for hydroxylation is 2. The summed E-state index contributed by atoms with van der Waals surface area (Å²) < 4.78 is 1.94. The summed E-state index contributed by atoms with van der Waals surface area (Å²) in [6.45, 7) is 4.31. The normalized spacial score (nSPS) is 16.2. The SMILES string of the molecule is CCc1ccc(C2=C[C@@H](c3ccccc3C)n3ncnc3N2)cc1. The van der Waals surface area contributed by atoms with E-state index in [1.54, 1.807) is 6.33 Å². The highest BCUT2D eigenvalue weighted by Gasteiger charge is 2.24. The molecule has 1 atom stereocenters. The van der Waals surface area contributed by atoms with Crippen LogP contribution in [0.25, 0.3) is 5.70 Å². The molecule has 0 bridgehead atoms. The number of anilines is 1. The molecule has 1 N–H and O–H groups in total. The van der Waals surface area contributed by atoms with Gasteiger partial charge in [0.05, 0.1) is 0 Å². The Hall–Kier alpha value is -2.88. The van der Waals surface area contributed by atoms with Gasteiger partial charge in [-0.25, -0.2) is 4.68 Å². The van der Waals surface area contributed by atoms with Gasteiger partial charge in [0.1, 0.15) is 12.4 Å². The molecule has 0 amide bonds. The van der Waals surface area contributed by atoms with Crippen LogP contribution in [0.15, 0.2) is 60.9 Å². The lowest BCUT2D eigenvalue weighted by atomic mass is 9.97. The molecule has 4 rings (SSSR count). The van der Waals surface area contributed by atoms with E-state index in [4.69, 9.17) is 0 Å². The van der Waals surface area contributed by atoms with Gasteiger partial charge in [-0.15, -0.1) is 0 Å². The Kier molecular flexibility index (Phi) is 3.65. The van der Waals surface area contributed by atoms with Crippen LogP contribution >= 0.6 is 0 Å². The molecule has 0 radical (unpaired) electrons. The molecular weight excluding hydrogens is 296 g/mol. The largest absolute Gasteiger partial charge is 0.324 e. The first-order valence-electron chi connectivity index (χ1n) is 8.29. The zero-order valence-electron chi connectivity index (χ0n) is 13.9. The Balaban J connectivity index is 1.80. The standard InChI is InChI=1S/C20H20N4/c1-3-15-8-10-16(11-9-15)18-12-19(17-7-5-4-6-14(17)2)24-20(23-18)21-13-22-24/h4-13,19H,3H2,1-2H3,(H,21,22,23)/t19-/m0/s1. The Morgan fingerprint density at radius 1 is 1.08 bits per heavy atom. The predicted molar refractivity (Wildman–Crippen MR) is 96.8 cm³/mol. The van der Waals surface area contributed by atoms with Crippen molar-refractivity contribution in [3.63, 3.8) is 0 Å². The van der Waals surface area contributed by atoms with Crippen molar-refractivity contribution in [2.24, 2.45) is 0 Å². The maximum Gasteiger partial charge on any atom is 0.226 e. The number of rotatable bonds is 3. The molecule has 24 heavy (non-hydrogen) atoms. The first kappa shape index (κ1) is 14.7. The molecule has 4 heteroatoms. The summed E-state index contributed by atoms with van der Waals surface area (Å²) >= 11 is 0. The molecule has 3 aromatic rings. The molecule has 0 fully saturated rings. The third kappa shape index (κ3) is 2.50. The topological polar surface area (TPSA) is 42.7 Å². The van der Waals surface area contributed by atoms with Gasteiger partial charge in [0.2, 0.25) is 5.95 Å². The van der Waals surface area contributed by atoms with Gasteiger partial charge in [-0.2, -0.15) is 10.1 Å². The number of aromatic nitrogens is 3. The number of hydrogen-bond donors (Lipinski definition) is 1. The number of nitrogens with zero attached hydrogens (tertiary/aromatic N) is 3. The van der Waals surface area contributed by atoms with Crippen LogP contribution in [0.1, 0.15) is 35.2 Å². The highest BCUT2D eigenvalue weighted by molar-refractivity contribution is 5.77. The number of hydrogen-bond acceptors (Lipinski definition) is 3. The molecule has 1 aliphatic heterocycles. The molecule has 0 saturated heterocycles. The van der Waals surface area contributed by atoms with E-state index < -0.39 is 0 Å². The van der Waals surface area contributed by atoms with E-state index in [-0.39, 0.29) is 6.04 Å². The zero-order chi connectivity index (χ0) is 16.5. The lowest BCUT2D eigenvalue weighted by molar-refractivity contribution is 0.609. The van der Waals surface area contributed by atoms with Crippen LogP contribution < -0.4 is 5.32 Å². The minimum absolute atomic E-state index is 0.0470. The molecule has 120 valence electrons. The summed E-state index contributed by atoms with van der Waals surface area (Å²) in [7, 11) is 0.